The number of ether oxygens (including phenoxy) is 2. The number of hydrogen-bond donors (Lipinski definition) is 3. The van der Waals surface area contributed by atoms with Gasteiger partial charge in [0.25, 0.3) is 5.91 Å². The Kier molecular flexibility index (Phi) is 17.5. The molecule has 0 saturated heterocycles. The number of benzene rings is 1. The highest BCUT2D eigenvalue weighted by Gasteiger charge is 2.15. The summed E-state index contributed by atoms with van der Waals surface area (Å²) in [5.41, 5.74) is 8.89. The molecule has 1 amide bonds. The van der Waals surface area contributed by atoms with Crippen LogP contribution in [0, 0.1) is 27.7 Å². The third kappa shape index (κ3) is 12.4. The maximum atomic E-state index is 11.4. The average molecular weight is 802 g/mol. The predicted molar refractivity (Wildman–Crippen MR) is 216 cm³/mol. The van der Waals surface area contributed by atoms with E-state index in [0.717, 1.165) is 46.6 Å². The number of amides is 1. The lowest BCUT2D eigenvalue weighted by molar-refractivity contribution is 0.0511. The van der Waals surface area contributed by atoms with Crippen LogP contribution in [0.1, 0.15) is 94.4 Å². The number of nitrogen functional groups attached to an aromatic ring is 1. The number of nitrogens with two attached hydrogens (primary N) is 1. The van der Waals surface area contributed by atoms with Crippen molar-refractivity contribution < 1.29 is 29.0 Å². The Morgan fingerprint density at radius 3 is 1.67 bits per heavy atom. The Labute approximate surface area is 337 Å². The molecule has 0 radical (unpaired) electrons. The zero-order chi connectivity index (χ0) is 42.9. The van der Waals surface area contributed by atoms with Gasteiger partial charge in [0.05, 0.1) is 43.0 Å². The summed E-state index contributed by atoms with van der Waals surface area (Å²) >= 11 is 0. The molecule has 0 aliphatic carbocycles. The van der Waals surface area contributed by atoms with Crippen LogP contribution in [-0.4, -0.2) is 90.6 Å². The number of hydrazine groups is 1. The first-order valence-corrected chi connectivity index (χ1v) is 18.8. The van der Waals surface area contributed by atoms with Crippen LogP contribution in [0.25, 0.3) is 11.5 Å². The van der Waals surface area contributed by atoms with Gasteiger partial charge in [-0.1, -0.05) is 12.1 Å². The molecule has 0 saturated carbocycles. The van der Waals surface area contributed by atoms with Gasteiger partial charge in [0.2, 0.25) is 0 Å². The molecule has 6 aromatic rings. The average Bonchev–Trinajstić information content (AvgIpc) is 4.06. The number of aromatic nitrogens is 11. The molecular weight excluding hydrogens is 747 g/mol. The van der Waals surface area contributed by atoms with Crippen molar-refractivity contribution in [2.45, 2.75) is 95.0 Å². The largest absolute Gasteiger partial charge is 0.497 e. The van der Waals surface area contributed by atoms with Crippen LogP contribution in [0.5, 0.6) is 5.75 Å². The van der Waals surface area contributed by atoms with E-state index in [9.17, 15) is 14.4 Å². The molecule has 312 valence electrons. The van der Waals surface area contributed by atoms with Crippen molar-refractivity contribution in [3.8, 4) is 17.3 Å². The number of hydrogen-bond acceptors (Lipinski definition) is 12. The van der Waals surface area contributed by atoms with Crippen molar-refractivity contribution in [1.82, 2.24) is 59.3 Å². The smallest absolute Gasteiger partial charge is 0.356 e. The number of nitrogens with one attached hydrogen (secondary N) is 1. The standard InChI is InChI=1S/C16H19N5O.C9H14N2O2.C7H12N4O.C7H10N2O2/c1-4-21-15(9-12(2)19-21)16-18-17-11-20(16)10-13-5-7-14(22-3)8-6-13;1-4-11-8(6-7(3)10-11)9(12)13-5-2;1-3-11-6(7(12)9-8)4-5(2)10-11;1-3-9-6(7(10)11)4-5(2)8-9/h5-9,11H,4,10H2,1-3H3;6H,4-5H2,1-3H3;4H,3,8H2,1-2H3,(H,9,12);4H,3H2,1-2H3,(H,10,11). The van der Waals surface area contributed by atoms with E-state index in [0.29, 0.717) is 44.2 Å². The van der Waals surface area contributed by atoms with Crippen molar-refractivity contribution in [3.63, 3.8) is 0 Å². The van der Waals surface area contributed by atoms with E-state index in [4.69, 9.17) is 20.4 Å². The fourth-order valence-corrected chi connectivity index (χ4v) is 5.62. The minimum Gasteiger partial charge on any atom is -0.497 e. The second-order valence-corrected chi connectivity index (χ2v) is 12.6. The lowest BCUT2D eigenvalue weighted by Gasteiger charge is -2.08. The summed E-state index contributed by atoms with van der Waals surface area (Å²) in [6.07, 6.45) is 1.75. The number of carboxylic acids is 1. The van der Waals surface area contributed by atoms with E-state index < -0.39 is 5.97 Å². The van der Waals surface area contributed by atoms with Crippen molar-refractivity contribution in [1.29, 1.82) is 0 Å². The molecule has 0 aliphatic rings. The summed E-state index contributed by atoms with van der Waals surface area (Å²) in [6, 6.07) is 15.0. The van der Waals surface area contributed by atoms with Crippen LogP contribution >= 0.6 is 0 Å². The molecule has 0 atom stereocenters. The fourth-order valence-electron chi connectivity index (χ4n) is 5.62. The van der Waals surface area contributed by atoms with Gasteiger partial charge in [0.15, 0.2) is 5.82 Å². The topological polar surface area (TPSA) is 230 Å². The summed E-state index contributed by atoms with van der Waals surface area (Å²) < 4.78 is 18.8. The maximum Gasteiger partial charge on any atom is 0.356 e. The Morgan fingerprint density at radius 1 is 0.707 bits per heavy atom. The summed E-state index contributed by atoms with van der Waals surface area (Å²) in [6.45, 7) is 20.9. The molecule has 0 unspecified atom stereocenters. The number of esters is 1. The van der Waals surface area contributed by atoms with Gasteiger partial charge in [-0.05, 0) is 104 Å². The molecule has 5 heterocycles. The number of aryl methyl sites for hydroxylation is 8. The normalized spacial score (nSPS) is 10.3. The highest BCUT2D eigenvalue weighted by atomic mass is 16.5. The number of carbonyl (C=O) groups excluding carboxylic acids is 2. The minimum absolute atomic E-state index is 0.255. The molecule has 1 aromatic carbocycles. The van der Waals surface area contributed by atoms with Crippen molar-refractivity contribution in [2.24, 2.45) is 5.84 Å². The van der Waals surface area contributed by atoms with Gasteiger partial charge in [-0.2, -0.15) is 20.4 Å². The molecule has 0 spiro atoms. The highest BCUT2D eigenvalue weighted by Crippen LogP contribution is 2.20. The van der Waals surface area contributed by atoms with Crippen LogP contribution in [0.2, 0.25) is 0 Å². The maximum absolute atomic E-state index is 11.4. The van der Waals surface area contributed by atoms with E-state index in [2.05, 4.69) is 42.9 Å². The van der Waals surface area contributed by atoms with Crippen LogP contribution in [0.15, 0.2) is 54.9 Å². The second-order valence-electron chi connectivity index (χ2n) is 12.6. The van der Waals surface area contributed by atoms with Gasteiger partial charge in [0.1, 0.15) is 34.9 Å². The molecule has 19 heteroatoms. The van der Waals surface area contributed by atoms with Gasteiger partial charge in [0, 0.05) is 26.2 Å². The molecule has 0 aliphatic heterocycles. The van der Waals surface area contributed by atoms with E-state index in [1.54, 1.807) is 54.8 Å². The van der Waals surface area contributed by atoms with E-state index in [-0.39, 0.29) is 17.6 Å². The van der Waals surface area contributed by atoms with Gasteiger partial charge < -0.3 is 19.1 Å². The van der Waals surface area contributed by atoms with Crippen LogP contribution in [-0.2, 0) is 37.5 Å². The number of aromatic carboxylic acids is 1. The number of rotatable bonds is 12. The monoisotopic (exact) mass is 801 g/mol. The Hall–Kier alpha value is -6.63. The lowest BCUT2D eigenvalue weighted by atomic mass is 10.2. The third-order valence-electron chi connectivity index (χ3n) is 8.23. The Balaban J connectivity index is 0.000000218. The summed E-state index contributed by atoms with van der Waals surface area (Å²) in [5, 5.41) is 33.7. The van der Waals surface area contributed by atoms with Gasteiger partial charge in [-0.25, -0.2) is 15.4 Å². The van der Waals surface area contributed by atoms with E-state index >= 15 is 0 Å². The molecule has 0 bridgehead atoms. The second kappa shape index (κ2) is 22.2. The first kappa shape index (κ1) is 45.8. The zero-order valence-electron chi connectivity index (χ0n) is 34.9. The Morgan fingerprint density at radius 2 is 1.19 bits per heavy atom. The molecule has 4 N–H and O–H groups in total. The number of carboxylic acid groups (broad SMARTS) is 1. The summed E-state index contributed by atoms with van der Waals surface area (Å²) in [4.78, 5) is 33.0. The van der Waals surface area contributed by atoms with Crippen LogP contribution < -0.4 is 16.0 Å². The first-order chi connectivity index (χ1) is 27.7. The van der Waals surface area contributed by atoms with Crippen molar-refractivity contribution >= 4 is 17.8 Å². The quantitative estimate of drug-likeness (QED) is 0.0664. The first-order valence-electron chi connectivity index (χ1n) is 18.8. The summed E-state index contributed by atoms with van der Waals surface area (Å²) in [5.74, 6) is 5.15. The SMILES string of the molecule is CCOC(=O)c1cc(C)nn1CC.CCn1nc(C)cc1-c1nncn1Cc1ccc(OC)cc1.CCn1nc(C)cc1C(=O)NN.CCn1nc(C)cc1C(=O)O. The van der Waals surface area contributed by atoms with Gasteiger partial charge in [-0.3, -0.25) is 28.9 Å². The third-order valence-corrected chi connectivity index (χ3v) is 8.23. The van der Waals surface area contributed by atoms with Crippen molar-refractivity contribution in [2.75, 3.05) is 13.7 Å². The van der Waals surface area contributed by atoms with Gasteiger partial charge >= 0.3 is 11.9 Å². The zero-order valence-corrected chi connectivity index (χ0v) is 34.9. The molecule has 58 heavy (non-hydrogen) atoms. The Bertz CT molecular complexity index is 2230. The molecule has 0 fully saturated rings. The lowest BCUT2D eigenvalue weighted by Crippen LogP contribution is -2.31. The van der Waals surface area contributed by atoms with E-state index in [1.165, 1.54) is 10.2 Å². The number of carbonyl (C=O) groups is 3. The summed E-state index contributed by atoms with van der Waals surface area (Å²) in [7, 11) is 1.67. The molecule has 5 aromatic heterocycles. The van der Waals surface area contributed by atoms with E-state index in [1.807, 2.05) is 81.1 Å². The molecule has 19 nitrogen and oxygen atoms in total. The molecular formula is C39H55N13O6. The number of nitrogens with zero attached hydrogens (tertiary/aromatic N) is 11. The van der Waals surface area contributed by atoms with Crippen LogP contribution in [0.4, 0.5) is 0 Å². The minimum atomic E-state index is -0.924. The van der Waals surface area contributed by atoms with Crippen molar-refractivity contribution in [3.05, 3.63) is 100 Å². The number of methoxy groups -OCH3 is 1. The fraction of sp³-hybridized carbons (Fsp3) is 0.410. The highest BCUT2D eigenvalue weighted by molar-refractivity contribution is 5.92. The molecule has 6 rings (SSSR count). The van der Waals surface area contributed by atoms with Crippen LogP contribution in [0.3, 0.4) is 0 Å². The van der Waals surface area contributed by atoms with Gasteiger partial charge in [-0.15, -0.1) is 10.2 Å². The predicted octanol–water partition coefficient (Wildman–Crippen LogP) is 4.64.